The molecule has 2 heteroatoms. The van der Waals surface area contributed by atoms with Gasteiger partial charge in [0.2, 0.25) is 0 Å². The molecule has 0 bridgehead atoms. The highest BCUT2D eigenvalue weighted by molar-refractivity contribution is 7.99. The maximum absolute atomic E-state index is 3.78. The van der Waals surface area contributed by atoms with E-state index in [1.165, 1.54) is 40.2 Å². The van der Waals surface area contributed by atoms with Crippen LogP contribution in [0, 0.1) is 20.8 Å². The summed E-state index contributed by atoms with van der Waals surface area (Å²) in [5.41, 5.74) is 5.71. The van der Waals surface area contributed by atoms with Crippen LogP contribution >= 0.6 is 11.8 Å². The third kappa shape index (κ3) is 3.05. The molecule has 0 radical (unpaired) electrons. The second-order valence-electron chi connectivity index (χ2n) is 5.26. The summed E-state index contributed by atoms with van der Waals surface area (Å²) in [4.78, 5) is 0. The van der Waals surface area contributed by atoms with E-state index in [-0.39, 0.29) is 0 Å². The highest BCUT2D eigenvalue weighted by atomic mass is 32.2. The van der Waals surface area contributed by atoms with Crippen LogP contribution in [-0.2, 0) is 0 Å². The van der Waals surface area contributed by atoms with Gasteiger partial charge in [-0.3, -0.25) is 0 Å². The molecule has 2 unspecified atom stereocenters. The normalized spacial score (nSPS) is 21.8. The van der Waals surface area contributed by atoms with Crippen molar-refractivity contribution in [3.05, 3.63) is 34.4 Å². The zero-order valence-corrected chi connectivity index (χ0v) is 12.2. The second-order valence-corrected chi connectivity index (χ2v) is 6.41. The van der Waals surface area contributed by atoms with Gasteiger partial charge >= 0.3 is 0 Å². The van der Waals surface area contributed by atoms with Crippen LogP contribution in [0.3, 0.4) is 0 Å². The predicted molar refractivity (Wildman–Crippen MR) is 77.9 cm³/mol. The van der Waals surface area contributed by atoms with Crippen LogP contribution in [-0.4, -0.2) is 17.5 Å². The molecule has 2 rings (SSSR count). The lowest BCUT2D eigenvalue weighted by Crippen LogP contribution is -2.32. The summed E-state index contributed by atoms with van der Waals surface area (Å²) in [6.45, 7) is 8.94. The summed E-state index contributed by atoms with van der Waals surface area (Å²) >= 11 is 2.07. The molecule has 94 valence electrons. The summed E-state index contributed by atoms with van der Waals surface area (Å²) in [7, 11) is 0. The lowest BCUT2D eigenvalue weighted by atomic mass is 9.94. The van der Waals surface area contributed by atoms with Gasteiger partial charge in [-0.05, 0) is 56.6 Å². The minimum atomic E-state index is 0.472. The molecule has 1 heterocycles. The van der Waals surface area contributed by atoms with Gasteiger partial charge in [0.05, 0.1) is 0 Å². The first-order valence-electron chi connectivity index (χ1n) is 6.49. The highest BCUT2D eigenvalue weighted by Crippen LogP contribution is 2.26. The van der Waals surface area contributed by atoms with Crippen LogP contribution in [0.2, 0.25) is 0 Å². The van der Waals surface area contributed by atoms with Crippen molar-refractivity contribution in [2.75, 3.05) is 11.5 Å². The fourth-order valence-corrected chi connectivity index (χ4v) is 4.14. The summed E-state index contributed by atoms with van der Waals surface area (Å²) in [5, 5.41) is 3.78. The molecule has 2 atom stereocenters. The first kappa shape index (κ1) is 13.0. The topological polar surface area (TPSA) is 12.0 Å². The van der Waals surface area contributed by atoms with Gasteiger partial charge in [-0.1, -0.05) is 17.7 Å². The molecule has 17 heavy (non-hydrogen) atoms. The molecule has 0 aromatic heterocycles. The minimum absolute atomic E-state index is 0.472. The standard InChI is InChI=1S/C15H23NS/c1-10-7-11(2)15(12(3)8-10)13(4)16-14-5-6-17-9-14/h7-8,13-14,16H,5-6,9H2,1-4H3. The van der Waals surface area contributed by atoms with E-state index in [4.69, 9.17) is 0 Å². The monoisotopic (exact) mass is 249 g/mol. The summed E-state index contributed by atoms with van der Waals surface area (Å²) in [6.07, 6.45) is 1.32. The lowest BCUT2D eigenvalue weighted by Gasteiger charge is -2.23. The maximum atomic E-state index is 3.78. The van der Waals surface area contributed by atoms with Crippen LogP contribution in [0.5, 0.6) is 0 Å². The quantitative estimate of drug-likeness (QED) is 0.875. The molecule has 1 nitrogen and oxygen atoms in total. The molecule has 1 aliphatic heterocycles. The van der Waals surface area contributed by atoms with Crippen molar-refractivity contribution in [2.24, 2.45) is 0 Å². The Hall–Kier alpha value is -0.470. The molecule has 0 saturated carbocycles. The number of aryl methyl sites for hydroxylation is 3. The summed E-state index contributed by atoms with van der Waals surface area (Å²) in [6, 6.07) is 5.77. The van der Waals surface area contributed by atoms with E-state index in [1.54, 1.807) is 0 Å². The van der Waals surface area contributed by atoms with Gasteiger partial charge in [0.1, 0.15) is 0 Å². The molecule has 1 fully saturated rings. The van der Waals surface area contributed by atoms with Gasteiger partial charge in [-0.25, -0.2) is 0 Å². The van der Waals surface area contributed by atoms with Crippen molar-refractivity contribution < 1.29 is 0 Å². The molecule has 1 aromatic rings. The fraction of sp³-hybridized carbons (Fsp3) is 0.600. The highest BCUT2D eigenvalue weighted by Gasteiger charge is 2.19. The first-order chi connectivity index (χ1) is 8.08. The van der Waals surface area contributed by atoms with Gasteiger partial charge in [0.25, 0.3) is 0 Å². The smallest absolute Gasteiger partial charge is 0.0299 e. The molecule has 1 aromatic carbocycles. The zero-order chi connectivity index (χ0) is 12.4. The van der Waals surface area contributed by atoms with Crippen LogP contribution in [0.15, 0.2) is 12.1 Å². The Labute approximate surface area is 109 Å². The Morgan fingerprint density at radius 2 is 1.88 bits per heavy atom. The number of hydrogen-bond acceptors (Lipinski definition) is 2. The molecule has 0 spiro atoms. The van der Waals surface area contributed by atoms with Crippen molar-refractivity contribution in [2.45, 2.75) is 46.2 Å². The van der Waals surface area contributed by atoms with Crippen molar-refractivity contribution in [3.8, 4) is 0 Å². The number of benzene rings is 1. The average Bonchev–Trinajstić information content (AvgIpc) is 2.68. The van der Waals surface area contributed by atoms with E-state index in [0.29, 0.717) is 12.1 Å². The number of hydrogen-bond donors (Lipinski definition) is 1. The van der Waals surface area contributed by atoms with Crippen LogP contribution in [0.4, 0.5) is 0 Å². The van der Waals surface area contributed by atoms with E-state index in [2.05, 4.69) is 56.9 Å². The summed E-state index contributed by atoms with van der Waals surface area (Å²) < 4.78 is 0. The molecular formula is C15H23NS. The average molecular weight is 249 g/mol. The van der Waals surface area contributed by atoms with Crippen molar-refractivity contribution in [3.63, 3.8) is 0 Å². The van der Waals surface area contributed by atoms with E-state index < -0.39 is 0 Å². The van der Waals surface area contributed by atoms with Crippen LogP contribution < -0.4 is 5.32 Å². The van der Waals surface area contributed by atoms with E-state index >= 15 is 0 Å². The SMILES string of the molecule is Cc1cc(C)c(C(C)NC2CCSC2)c(C)c1. The Bertz CT molecular complexity index is 371. The Kier molecular flexibility index (Phi) is 4.16. The molecule has 1 N–H and O–H groups in total. The van der Waals surface area contributed by atoms with Crippen LogP contribution in [0.25, 0.3) is 0 Å². The zero-order valence-electron chi connectivity index (χ0n) is 11.3. The molecule has 1 aliphatic rings. The van der Waals surface area contributed by atoms with E-state index in [1.807, 2.05) is 0 Å². The third-order valence-corrected chi connectivity index (χ3v) is 4.75. The van der Waals surface area contributed by atoms with Crippen molar-refractivity contribution >= 4 is 11.8 Å². The van der Waals surface area contributed by atoms with Crippen molar-refractivity contribution in [1.29, 1.82) is 0 Å². The molecule has 0 amide bonds. The van der Waals surface area contributed by atoms with Gasteiger partial charge in [0.15, 0.2) is 0 Å². The lowest BCUT2D eigenvalue weighted by molar-refractivity contribution is 0.483. The largest absolute Gasteiger partial charge is 0.307 e. The first-order valence-corrected chi connectivity index (χ1v) is 7.65. The van der Waals surface area contributed by atoms with Gasteiger partial charge in [0, 0.05) is 17.8 Å². The third-order valence-electron chi connectivity index (χ3n) is 3.59. The number of nitrogens with one attached hydrogen (secondary N) is 1. The minimum Gasteiger partial charge on any atom is -0.307 e. The van der Waals surface area contributed by atoms with E-state index in [0.717, 1.165) is 0 Å². The Morgan fingerprint density at radius 1 is 1.24 bits per heavy atom. The van der Waals surface area contributed by atoms with Gasteiger partial charge < -0.3 is 5.32 Å². The van der Waals surface area contributed by atoms with E-state index in [9.17, 15) is 0 Å². The second kappa shape index (κ2) is 5.45. The Morgan fingerprint density at radius 3 is 2.41 bits per heavy atom. The van der Waals surface area contributed by atoms with Gasteiger partial charge in [-0.15, -0.1) is 0 Å². The number of rotatable bonds is 3. The number of thioether (sulfide) groups is 1. The fourth-order valence-electron chi connectivity index (χ4n) is 2.98. The van der Waals surface area contributed by atoms with Crippen molar-refractivity contribution in [1.82, 2.24) is 5.32 Å². The predicted octanol–water partition coefficient (Wildman–Crippen LogP) is 3.77. The molecular weight excluding hydrogens is 226 g/mol. The van der Waals surface area contributed by atoms with Gasteiger partial charge in [-0.2, -0.15) is 11.8 Å². The maximum Gasteiger partial charge on any atom is 0.0299 e. The molecule has 0 aliphatic carbocycles. The Balaban J connectivity index is 2.15. The summed E-state index contributed by atoms with van der Waals surface area (Å²) in [5.74, 6) is 2.59. The molecule has 1 saturated heterocycles. The van der Waals surface area contributed by atoms with Crippen LogP contribution in [0.1, 0.15) is 41.6 Å².